The van der Waals surface area contributed by atoms with Gasteiger partial charge >= 0.3 is 0 Å². The molecule has 0 saturated heterocycles. The summed E-state index contributed by atoms with van der Waals surface area (Å²) in [4.78, 5) is 0. The van der Waals surface area contributed by atoms with Crippen LogP contribution < -0.4 is 0 Å². The highest BCUT2D eigenvalue weighted by molar-refractivity contribution is 7.96. The second kappa shape index (κ2) is 3.41. The van der Waals surface area contributed by atoms with Crippen LogP contribution in [0.5, 0.6) is 0 Å². The lowest BCUT2D eigenvalue weighted by molar-refractivity contribution is 0.501. The Morgan fingerprint density at radius 2 is 1.33 bits per heavy atom. The molecule has 1 atom stereocenters. The van der Waals surface area contributed by atoms with Gasteiger partial charge in [-0.15, -0.1) is 0 Å². The molecule has 5 heteroatoms. The van der Waals surface area contributed by atoms with Crippen molar-refractivity contribution >= 4 is 23.0 Å². The first kappa shape index (κ1) is 12.6. The summed E-state index contributed by atoms with van der Waals surface area (Å²) < 4.78 is 17.9. The Hall–Kier alpha value is 0.624. The van der Waals surface area contributed by atoms with E-state index in [0.29, 0.717) is 0 Å². The van der Waals surface area contributed by atoms with Crippen LogP contribution in [0, 0.1) is 0 Å². The molecule has 74 valence electrons. The Kier molecular flexibility index (Phi) is 3.58. The van der Waals surface area contributed by atoms with E-state index in [9.17, 15) is 4.57 Å². The summed E-state index contributed by atoms with van der Waals surface area (Å²) in [6.07, 6.45) is 0. The van der Waals surface area contributed by atoms with Gasteiger partial charge < -0.3 is 8.78 Å². The van der Waals surface area contributed by atoms with E-state index in [1.807, 2.05) is 0 Å². The van der Waals surface area contributed by atoms with Crippen molar-refractivity contribution in [2.45, 2.75) is 39.3 Å². The maximum atomic E-state index is 12.1. The van der Waals surface area contributed by atoms with Gasteiger partial charge in [-0.3, -0.25) is 0 Å². The predicted octanol–water partition coefficient (Wildman–Crippen LogP) is 3.58. The molecule has 0 saturated carbocycles. The lowest BCUT2D eigenvalue weighted by atomic mass is 11.8. The number of rotatable bonds is 3. The predicted molar refractivity (Wildman–Crippen MR) is 61.3 cm³/mol. The quantitative estimate of drug-likeness (QED) is 0.541. The SMILES string of the molecule is C[Si](C)(C)OP(C)(=O)[Si](C)(C)C. The van der Waals surface area contributed by atoms with Gasteiger partial charge in [-0.1, -0.05) is 19.6 Å². The monoisotopic (exact) mass is 224 g/mol. The molecular formula is C7H21O2PSi2. The lowest BCUT2D eigenvalue weighted by Gasteiger charge is -2.31. The standard InChI is InChI=1S/C7H21O2PSi2/c1-10(8,12(5,6)7)9-11(2,3)4/h1-7H3. The molecule has 0 fully saturated rings. The highest BCUT2D eigenvalue weighted by atomic mass is 31.4. The third kappa shape index (κ3) is 4.03. The van der Waals surface area contributed by atoms with Crippen molar-refractivity contribution in [2.75, 3.05) is 6.66 Å². The third-order valence-corrected chi connectivity index (χ3v) is 15.8. The molecular weight excluding hydrogens is 203 g/mol. The Labute approximate surface area is 78.2 Å². The van der Waals surface area contributed by atoms with E-state index >= 15 is 0 Å². The summed E-state index contributed by atoms with van der Waals surface area (Å²) in [7, 11) is -3.26. The van der Waals surface area contributed by atoms with Crippen molar-refractivity contribution in [3.05, 3.63) is 0 Å². The molecule has 0 rings (SSSR count). The molecule has 0 aliphatic carbocycles. The van der Waals surface area contributed by atoms with Crippen LogP contribution in [0.4, 0.5) is 0 Å². The van der Waals surface area contributed by atoms with Gasteiger partial charge in [0.2, 0.25) is 0 Å². The molecule has 2 nitrogen and oxygen atoms in total. The summed E-state index contributed by atoms with van der Waals surface area (Å²) in [5, 5.41) is 0. The molecule has 0 aromatic heterocycles. The smallest absolute Gasteiger partial charge is 0.191 e. The molecule has 0 radical (unpaired) electrons. The fraction of sp³-hybridized carbons (Fsp3) is 1.00. The average molecular weight is 224 g/mol. The van der Waals surface area contributed by atoms with Gasteiger partial charge in [-0.25, -0.2) is 0 Å². The van der Waals surface area contributed by atoms with Crippen molar-refractivity contribution in [2.24, 2.45) is 0 Å². The summed E-state index contributed by atoms with van der Waals surface area (Å²) in [6.45, 7) is 12.1. The largest absolute Gasteiger partial charge is 0.374 e. The van der Waals surface area contributed by atoms with Gasteiger partial charge in [0.25, 0.3) is 0 Å². The molecule has 0 aromatic carbocycles. The van der Waals surface area contributed by atoms with Gasteiger partial charge in [0, 0.05) is 6.66 Å². The van der Waals surface area contributed by atoms with Crippen LogP contribution in [0.2, 0.25) is 39.3 Å². The summed E-state index contributed by atoms with van der Waals surface area (Å²) >= 11 is 0. The topological polar surface area (TPSA) is 26.3 Å². The molecule has 0 aromatic rings. The van der Waals surface area contributed by atoms with Crippen LogP contribution >= 0.6 is 6.92 Å². The molecule has 1 unspecified atom stereocenters. The van der Waals surface area contributed by atoms with Crippen LogP contribution in [0.15, 0.2) is 0 Å². The minimum Gasteiger partial charge on any atom is -0.374 e. The minimum atomic E-state index is -2.30. The lowest BCUT2D eigenvalue weighted by Crippen LogP contribution is -2.31. The second-order valence-corrected chi connectivity index (χ2v) is 22.7. The molecule has 0 N–H and O–H groups in total. The zero-order valence-corrected chi connectivity index (χ0v) is 12.2. The van der Waals surface area contributed by atoms with Crippen molar-refractivity contribution in [3.63, 3.8) is 0 Å². The van der Waals surface area contributed by atoms with Crippen LogP contribution in [0.3, 0.4) is 0 Å². The zero-order chi connectivity index (χ0) is 10.2. The maximum Gasteiger partial charge on any atom is 0.191 e. The highest BCUT2D eigenvalue weighted by Gasteiger charge is 2.38. The Balaban J connectivity index is 4.57. The Bertz CT molecular complexity index is 202. The number of hydrogen-bond donors (Lipinski definition) is 0. The van der Waals surface area contributed by atoms with E-state index in [1.54, 1.807) is 6.66 Å². The Morgan fingerprint density at radius 3 is 1.42 bits per heavy atom. The number of hydrogen-bond acceptors (Lipinski definition) is 2. The van der Waals surface area contributed by atoms with Crippen LogP contribution in [0.25, 0.3) is 0 Å². The fourth-order valence-corrected chi connectivity index (χ4v) is 10.9. The second-order valence-electron chi connectivity index (χ2n) is 5.22. The summed E-state index contributed by atoms with van der Waals surface area (Å²) in [6, 6.07) is 0. The molecule has 0 heterocycles. The maximum absolute atomic E-state index is 12.1. The van der Waals surface area contributed by atoms with E-state index in [0.717, 1.165) is 0 Å². The van der Waals surface area contributed by atoms with E-state index in [2.05, 4.69) is 39.3 Å². The highest BCUT2D eigenvalue weighted by Crippen LogP contribution is 2.54. The van der Waals surface area contributed by atoms with Crippen molar-refractivity contribution in [3.8, 4) is 0 Å². The molecule has 12 heavy (non-hydrogen) atoms. The first-order chi connectivity index (χ1) is 4.96. The van der Waals surface area contributed by atoms with E-state index < -0.39 is 23.0 Å². The average Bonchev–Trinajstić information content (AvgIpc) is 1.52. The van der Waals surface area contributed by atoms with Gasteiger partial charge in [0.05, 0.1) is 0 Å². The van der Waals surface area contributed by atoms with Crippen molar-refractivity contribution in [1.82, 2.24) is 0 Å². The van der Waals surface area contributed by atoms with E-state index in [-0.39, 0.29) is 0 Å². The molecule has 0 bridgehead atoms. The fourth-order valence-electron chi connectivity index (χ4n) is 0.660. The van der Waals surface area contributed by atoms with Gasteiger partial charge in [0.15, 0.2) is 15.2 Å². The zero-order valence-electron chi connectivity index (χ0n) is 9.26. The van der Waals surface area contributed by atoms with Crippen LogP contribution in [0.1, 0.15) is 0 Å². The van der Waals surface area contributed by atoms with Crippen LogP contribution in [-0.4, -0.2) is 22.7 Å². The van der Waals surface area contributed by atoms with Crippen molar-refractivity contribution in [1.29, 1.82) is 0 Å². The molecule has 0 spiro atoms. The first-order valence-corrected chi connectivity index (χ1v) is 14.1. The minimum absolute atomic E-state index is 1.63. The van der Waals surface area contributed by atoms with Gasteiger partial charge in [-0.05, 0) is 19.6 Å². The van der Waals surface area contributed by atoms with E-state index in [1.165, 1.54) is 0 Å². The molecule has 0 aliphatic rings. The van der Waals surface area contributed by atoms with Crippen LogP contribution in [-0.2, 0) is 8.78 Å². The summed E-state index contributed by atoms with van der Waals surface area (Å²) in [5.74, 6) is 0. The normalized spacial score (nSPS) is 18.9. The first-order valence-electron chi connectivity index (χ1n) is 4.24. The molecule has 0 amide bonds. The van der Waals surface area contributed by atoms with Crippen molar-refractivity contribution < 1.29 is 8.78 Å². The van der Waals surface area contributed by atoms with E-state index in [4.69, 9.17) is 4.21 Å². The molecule has 0 aliphatic heterocycles. The van der Waals surface area contributed by atoms with Gasteiger partial charge in [0.1, 0.15) is 7.74 Å². The Morgan fingerprint density at radius 1 is 1.00 bits per heavy atom. The summed E-state index contributed by atoms with van der Waals surface area (Å²) in [5.41, 5.74) is 0. The van der Waals surface area contributed by atoms with Gasteiger partial charge in [-0.2, -0.15) is 0 Å². The third-order valence-electron chi connectivity index (χ3n) is 1.67.